The maximum absolute atomic E-state index is 13.7. The molecule has 0 atom stereocenters. The van der Waals surface area contributed by atoms with Crippen LogP contribution in [0.2, 0.25) is 0 Å². The van der Waals surface area contributed by atoms with E-state index < -0.39 is 41.3 Å². The van der Waals surface area contributed by atoms with Crippen LogP contribution in [0.5, 0.6) is 11.5 Å². The molecule has 2 aliphatic heterocycles. The van der Waals surface area contributed by atoms with Gasteiger partial charge in [0, 0.05) is 43.9 Å². The molecule has 0 spiro atoms. The largest absolute Gasteiger partial charge is 0.493 e. The van der Waals surface area contributed by atoms with Gasteiger partial charge in [-0.15, -0.1) is 30.4 Å². The molecule has 0 unspecified atom stereocenters. The maximum atomic E-state index is 13.7. The number of aromatic amines is 2. The Bertz CT molecular complexity index is 3720. The van der Waals surface area contributed by atoms with Gasteiger partial charge in [0.25, 0.3) is 21.3 Å². The van der Waals surface area contributed by atoms with Crippen LogP contribution >= 0.6 is 0 Å². The van der Waals surface area contributed by atoms with Gasteiger partial charge in [-0.05, 0) is 144 Å². The summed E-state index contributed by atoms with van der Waals surface area (Å²) in [5.74, 6) is 4.76. The van der Waals surface area contributed by atoms with E-state index >= 15 is 0 Å². The number of aryl methyl sites for hydroxylation is 4. The van der Waals surface area contributed by atoms with E-state index in [4.69, 9.17) is 24.9 Å². The van der Waals surface area contributed by atoms with Crippen LogP contribution in [0, 0.1) is 45.9 Å². The van der Waals surface area contributed by atoms with Gasteiger partial charge in [0.15, 0.2) is 17.9 Å². The fourth-order valence-electron chi connectivity index (χ4n) is 10.6. The Kier molecular flexibility index (Phi) is 27.0. The van der Waals surface area contributed by atoms with E-state index in [0.717, 1.165) is 19.1 Å². The van der Waals surface area contributed by atoms with E-state index in [0.29, 0.717) is 139 Å². The van der Waals surface area contributed by atoms with Gasteiger partial charge >= 0.3 is 0 Å². The molecule has 2 aromatic carbocycles. The highest BCUT2D eigenvalue weighted by Gasteiger charge is 2.33. The number of aliphatic hydroxyl groups is 1. The number of nitrogens with one attached hydrogen (secondary N) is 2. The first-order valence-electron chi connectivity index (χ1n) is 29.0. The van der Waals surface area contributed by atoms with Gasteiger partial charge in [0.05, 0.1) is 64.9 Å². The first-order valence-corrected chi connectivity index (χ1v) is 31.9. The van der Waals surface area contributed by atoms with Crippen molar-refractivity contribution in [2.45, 2.75) is 135 Å². The van der Waals surface area contributed by atoms with Crippen molar-refractivity contribution in [2.24, 2.45) is 22.9 Å². The van der Waals surface area contributed by atoms with E-state index in [1.165, 1.54) is 48.1 Å². The summed E-state index contributed by atoms with van der Waals surface area (Å²) < 4.78 is 72.3. The van der Waals surface area contributed by atoms with Crippen LogP contribution in [0.1, 0.15) is 137 Å². The highest BCUT2D eigenvalue weighted by Crippen LogP contribution is 2.36. The molecule has 0 radical (unpaired) electrons. The molecule has 7 N–H and O–H groups in total. The maximum Gasteiger partial charge on any atom is 0.294 e. The number of H-pyrrole nitrogens is 2. The third kappa shape index (κ3) is 17.0. The highest BCUT2D eigenvalue weighted by atomic mass is 32.2. The lowest BCUT2D eigenvalue weighted by Crippen LogP contribution is -2.38. The van der Waals surface area contributed by atoms with E-state index in [9.17, 15) is 56.7 Å². The Labute approximate surface area is 508 Å². The van der Waals surface area contributed by atoms with Crippen LogP contribution in [-0.2, 0) is 42.6 Å². The second-order valence-electron chi connectivity index (χ2n) is 20.7. The topological polar surface area (TPSA) is 414 Å². The lowest BCUT2D eigenvalue weighted by Gasteiger charge is -2.31. The van der Waals surface area contributed by atoms with Gasteiger partial charge in [-0.2, -0.15) is 8.61 Å². The number of aliphatic hydroxyl groups excluding tert-OH is 1. The number of piperidine rings is 2. The number of aldehydes is 1. The molecule has 0 aliphatic carbocycles. The minimum absolute atomic E-state index is 0.0161. The van der Waals surface area contributed by atoms with Gasteiger partial charge < -0.3 is 44.6 Å². The molecule has 2 aliphatic rings. The van der Waals surface area contributed by atoms with Crippen molar-refractivity contribution in [3.05, 3.63) is 111 Å². The smallest absolute Gasteiger partial charge is 0.294 e. The van der Waals surface area contributed by atoms with Gasteiger partial charge in [-0.3, -0.25) is 14.4 Å². The Morgan fingerprint density at radius 2 is 1.03 bits per heavy atom. The SMILES string of the molecule is CCCOc1ccc(S(=O)(=O)N2CCC(CCO[N+](=O)[O-])CC2)cc1-c1nn2c(CCC)c(/C=N/O)c(C)c2c(=O)[nH]1.CCCOc1ccc(S(=O)(=O)N2CCC(CCO[N+](=O)[O-])CC2)cc1-c1nn2c(CCC)c(C=O)c(C)c2c(=O)[nH]1.CCO.NO. The summed E-state index contributed by atoms with van der Waals surface area (Å²) in [5, 5.41) is 55.0. The molecular weight excluding hydrogens is 1190 g/mol. The van der Waals surface area contributed by atoms with Gasteiger partial charge in [-0.1, -0.05) is 45.7 Å². The summed E-state index contributed by atoms with van der Waals surface area (Å²) in [6.45, 7) is 15.0. The number of nitrogens with zero attached hydrogens (tertiary/aromatic N) is 9. The standard InChI is InChI=1S/C27H36N6O8S.C27H35N5O8S.C2H6O.H3NO/c1-4-6-23-22(17-28-35)18(3)25-27(34)29-26(30-32(23)25)21-16-20(7-8-24(21)40-14-5-2)42(38,39)31-12-9-19(10-13-31)11-15-41-33(36)37;1-4-6-23-22(17-33)18(3)25-27(34)28-26(29-31(23)25)21-16-20(7-8-24(21)39-14-5-2)41(37,38)30-12-9-19(10-13-30)11-15-40-32(35)36;1-2-3;1-2/h7-8,16-17,19,35H,4-6,9-15H2,1-3H3,(H,29,30,34);7-8,16-17,19H,4-6,9-15H2,1-3H3,(H,28,29,34);3H,2H2,1H3;2H,1H2/b28-17+;;;. The summed E-state index contributed by atoms with van der Waals surface area (Å²) in [5.41, 5.74) is 3.83. The number of carbonyl (C=O) groups is 1. The number of carbonyl (C=O) groups excluding carboxylic acids is 1. The number of aromatic nitrogens is 6. The normalized spacial score (nSPS) is 14.3. The van der Waals surface area contributed by atoms with Crippen molar-refractivity contribution >= 4 is 43.6 Å². The number of benzene rings is 2. The lowest BCUT2D eigenvalue weighted by atomic mass is 9.95. The minimum Gasteiger partial charge on any atom is -0.493 e. The van der Waals surface area contributed by atoms with Crippen LogP contribution in [-0.4, -0.2) is 152 Å². The quantitative estimate of drug-likeness (QED) is 0.0112. The molecule has 0 bridgehead atoms. The number of fused-ring (bicyclic) bond motifs is 2. The fourth-order valence-corrected chi connectivity index (χ4v) is 13.6. The average Bonchev–Trinajstić information content (AvgIpc) is 1.56. The Morgan fingerprint density at radius 1 is 0.659 bits per heavy atom. The van der Waals surface area contributed by atoms with Crippen LogP contribution < -0.4 is 26.5 Å². The number of hydrogen-bond donors (Lipinski definition) is 6. The Hall–Kier alpha value is -7.88. The summed E-state index contributed by atoms with van der Waals surface area (Å²) in [6.07, 6.45) is 9.21. The van der Waals surface area contributed by atoms with Gasteiger partial charge in [-0.25, -0.2) is 31.8 Å². The molecule has 6 heterocycles. The predicted octanol–water partition coefficient (Wildman–Crippen LogP) is 6.43. The van der Waals surface area contributed by atoms with Gasteiger partial charge in [0.2, 0.25) is 20.0 Å². The lowest BCUT2D eigenvalue weighted by molar-refractivity contribution is -0.758. The van der Waals surface area contributed by atoms with E-state index in [2.05, 4.69) is 35.8 Å². The summed E-state index contributed by atoms with van der Waals surface area (Å²) in [4.78, 5) is 73.7. The van der Waals surface area contributed by atoms with E-state index in [1.54, 1.807) is 32.9 Å². The van der Waals surface area contributed by atoms with E-state index in [-0.39, 0.29) is 84.8 Å². The predicted molar refractivity (Wildman–Crippen MR) is 323 cm³/mol. The number of rotatable bonds is 26. The number of nitrogens with two attached hydrogens (primary N) is 1. The fraction of sp³-hybridized carbons (Fsp3) is 0.536. The van der Waals surface area contributed by atoms with Crippen molar-refractivity contribution < 1.29 is 66.5 Å². The average molecular weight is 1270 g/mol. The molecule has 484 valence electrons. The first kappa shape index (κ1) is 70.9. The zero-order valence-corrected chi connectivity index (χ0v) is 52.1. The monoisotopic (exact) mass is 1270 g/mol. The molecule has 0 amide bonds. The molecule has 88 heavy (non-hydrogen) atoms. The molecule has 30 nitrogen and oxygen atoms in total. The molecule has 2 fully saturated rings. The Balaban J connectivity index is 0.000000299. The Morgan fingerprint density at radius 3 is 1.38 bits per heavy atom. The molecule has 32 heteroatoms. The van der Waals surface area contributed by atoms with Crippen LogP contribution in [0.25, 0.3) is 33.8 Å². The van der Waals surface area contributed by atoms with Crippen molar-refractivity contribution in [3.8, 4) is 34.3 Å². The summed E-state index contributed by atoms with van der Waals surface area (Å²) in [7, 11) is -7.80. The zero-order chi connectivity index (χ0) is 64.9. The highest BCUT2D eigenvalue weighted by molar-refractivity contribution is 7.89. The van der Waals surface area contributed by atoms with Crippen molar-refractivity contribution in [1.82, 2.24) is 37.8 Å². The second-order valence-corrected chi connectivity index (χ2v) is 24.6. The number of hydrogen-bond acceptors (Lipinski definition) is 22. The summed E-state index contributed by atoms with van der Waals surface area (Å²) >= 11 is 0. The third-order valence-corrected chi connectivity index (χ3v) is 18.6. The third-order valence-electron chi connectivity index (χ3n) is 14.9. The number of oxime groups is 1. The molecule has 4 aromatic heterocycles. The van der Waals surface area contributed by atoms with E-state index in [1.807, 2.05) is 27.7 Å². The molecule has 6 aromatic rings. The van der Waals surface area contributed by atoms with Crippen molar-refractivity contribution in [2.75, 3.05) is 59.2 Å². The number of ether oxygens (including phenoxy) is 2. The second kappa shape index (κ2) is 33.5. The zero-order valence-electron chi connectivity index (χ0n) is 50.5. The van der Waals surface area contributed by atoms with Crippen molar-refractivity contribution in [1.29, 1.82) is 0 Å². The minimum atomic E-state index is -3.90. The number of sulfonamides is 2. The van der Waals surface area contributed by atoms with Crippen LogP contribution in [0.15, 0.2) is 60.9 Å². The molecule has 8 rings (SSSR count). The van der Waals surface area contributed by atoms with Crippen LogP contribution in [0.3, 0.4) is 0 Å². The first-order chi connectivity index (χ1) is 42.1. The molecule has 0 saturated carbocycles. The molecular formula is C56H80N12O18S2. The van der Waals surface area contributed by atoms with Gasteiger partial charge in [0.1, 0.15) is 22.5 Å². The van der Waals surface area contributed by atoms with Crippen molar-refractivity contribution in [3.63, 3.8) is 0 Å². The summed E-state index contributed by atoms with van der Waals surface area (Å²) in [6, 6.07) is 9.02. The van der Waals surface area contributed by atoms with Crippen LogP contribution in [0.4, 0.5) is 0 Å². The molecule has 2 saturated heterocycles.